The van der Waals surface area contributed by atoms with E-state index in [0.29, 0.717) is 0 Å². The van der Waals surface area contributed by atoms with Crippen molar-refractivity contribution in [3.8, 4) is 0 Å². The maximum Gasteiger partial charge on any atom is 0.202 e. The van der Waals surface area contributed by atoms with Crippen molar-refractivity contribution in [2.45, 2.75) is 13.0 Å². The number of aromatic nitrogens is 3. The Morgan fingerprint density at radius 2 is 2.33 bits per heavy atom. The predicted octanol–water partition coefficient (Wildman–Crippen LogP) is 1.56. The van der Waals surface area contributed by atoms with Gasteiger partial charge in [-0.25, -0.2) is 4.98 Å². The van der Waals surface area contributed by atoms with E-state index >= 15 is 0 Å². The van der Waals surface area contributed by atoms with Crippen LogP contribution >= 0.6 is 0 Å². The zero-order valence-electron chi connectivity index (χ0n) is 8.72. The fraction of sp³-hybridized carbons (Fsp3) is 0.273. The van der Waals surface area contributed by atoms with Gasteiger partial charge in [0.2, 0.25) is 5.95 Å². The van der Waals surface area contributed by atoms with Gasteiger partial charge in [-0.3, -0.25) is 4.98 Å². The lowest BCUT2D eigenvalue weighted by atomic mass is 10.2. The van der Waals surface area contributed by atoms with Gasteiger partial charge in [0, 0.05) is 38.4 Å². The molecule has 0 radical (unpaired) electrons. The van der Waals surface area contributed by atoms with Gasteiger partial charge in [-0.05, 0) is 18.1 Å². The summed E-state index contributed by atoms with van der Waals surface area (Å²) in [6.07, 6.45) is 8.44. The molecule has 0 aliphatic carbocycles. The van der Waals surface area contributed by atoms with E-state index in [-0.39, 0.29) is 0 Å². The molecule has 2 rings (SSSR count). The molecular formula is C11H14N4. The molecule has 0 saturated heterocycles. The maximum absolute atomic E-state index is 4.18. The topological polar surface area (TPSA) is 42.7 Å². The van der Waals surface area contributed by atoms with Crippen LogP contribution in [0.3, 0.4) is 0 Å². The third-order valence-electron chi connectivity index (χ3n) is 2.30. The molecule has 0 unspecified atom stereocenters. The molecule has 2 heterocycles. The Balaban J connectivity index is 1.99. The van der Waals surface area contributed by atoms with Crippen LogP contribution in [0.4, 0.5) is 5.95 Å². The number of anilines is 1. The van der Waals surface area contributed by atoms with Crippen molar-refractivity contribution in [1.29, 1.82) is 0 Å². The Labute approximate surface area is 89.0 Å². The van der Waals surface area contributed by atoms with Crippen LogP contribution in [0.2, 0.25) is 0 Å². The first-order valence-corrected chi connectivity index (χ1v) is 4.98. The molecule has 2 aromatic rings. The minimum Gasteiger partial charge on any atom is -0.359 e. The zero-order valence-corrected chi connectivity index (χ0v) is 8.72. The molecule has 78 valence electrons. The maximum atomic E-state index is 4.18. The highest BCUT2D eigenvalue weighted by atomic mass is 15.2. The van der Waals surface area contributed by atoms with Gasteiger partial charge in [0.1, 0.15) is 0 Å². The molecule has 0 fully saturated rings. The van der Waals surface area contributed by atoms with Gasteiger partial charge in [-0.2, -0.15) is 0 Å². The SMILES string of the molecule is CNc1nccn1CCc1cccnc1. The first-order valence-electron chi connectivity index (χ1n) is 4.98. The summed E-state index contributed by atoms with van der Waals surface area (Å²) in [5.41, 5.74) is 1.24. The monoisotopic (exact) mass is 202 g/mol. The molecule has 0 saturated carbocycles. The van der Waals surface area contributed by atoms with Crippen LogP contribution in [0.1, 0.15) is 5.56 Å². The summed E-state index contributed by atoms with van der Waals surface area (Å²) in [6, 6.07) is 4.05. The molecular weight excluding hydrogens is 188 g/mol. The van der Waals surface area contributed by atoms with E-state index in [4.69, 9.17) is 0 Å². The van der Waals surface area contributed by atoms with E-state index in [1.54, 1.807) is 12.4 Å². The molecule has 0 amide bonds. The number of imidazole rings is 1. The highest BCUT2D eigenvalue weighted by molar-refractivity contribution is 5.24. The number of hydrogen-bond donors (Lipinski definition) is 1. The summed E-state index contributed by atoms with van der Waals surface area (Å²) in [5.74, 6) is 0.902. The standard InChI is InChI=1S/C11H14N4/c1-12-11-14-6-8-15(11)7-4-10-3-2-5-13-9-10/h2-3,5-6,8-9H,4,7H2,1H3,(H,12,14). The van der Waals surface area contributed by atoms with Crippen molar-refractivity contribution >= 4 is 5.95 Å². The minimum absolute atomic E-state index is 0.902. The average molecular weight is 202 g/mol. The highest BCUT2D eigenvalue weighted by Gasteiger charge is 1.99. The Hall–Kier alpha value is -1.84. The Bertz CT molecular complexity index is 408. The molecule has 0 aromatic carbocycles. The smallest absolute Gasteiger partial charge is 0.202 e. The van der Waals surface area contributed by atoms with Gasteiger partial charge in [0.15, 0.2) is 0 Å². The van der Waals surface area contributed by atoms with Crippen LogP contribution in [0.5, 0.6) is 0 Å². The summed E-state index contributed by atoms with van der Waals surface area (Å²) >= 11 is 0. The molecule has 0 bridgehead atoms. The van der Waals surface area contributed by atoms with Crippen molar-refractivity contribution in [3.05, 3.63) is 42.5 Å². The second-order valence-electron chi connectivity index (χ2n) is 3.31. The Morgan fingerprint density at radius 3 is 3.07 bits per heavy atom. The van der Waals surface area contributed by atoms with Crippen LogP contribution < -0.4 is 5.32 Å². The Kier molecular flexibility index (Phi) is 2.97. The molecule has 15 heavy (non-hydrogen) atoms. The van der Waals surface area contributed by atoms with E-state index in [9.17, 15) is 0 Å². The number of nitrogens with one attached hydrogen (secondary N) is 1. The molecule has 2 aromatic heterocycles. The zero-order chi connectivity index (χ0) is 10.5. The molecule has 0 atom stereocenters. The van der Waals surface area contributed by atoms with Crippen LogP contribution in [-0.2, 0) is 13.0 Å². The lowest BCUT2D eigenvalue weighted by molar-refractivity contribution is 0.701. The first kappa shape index (κ1) is 9.71. The van der Waals surface area contributed by atoms with Crippen LogP contribution in [0.15, 0.2) is 36.9 Å². The molecule has 0 aliphatic heterocycles. The van der Waals surface area contributed by atoms with E-state index in [2.05, 4.69) is 25.9 Å². The van der Waals surface area contributed by atoms with Crippen LogP contribution in [0.25, 0.3) is 0 Å². The predicted molar refractivity (Wildman–Crippen MR) is 59.7 cm³/mol. The van der Waals surface area contributed by atoms with Gasteiger partial charge in [0.05, 0.1) is 0 Å². The highest BCUT2D eigenvalue weighted by Crippen LogP contribution is 2.05. The molecule has 0 spiro atoms. The number of rotatable bonds is 4. The summed E-state index contributed by atoms with van der Waals surface area (Å²) in [7, 11) is 1.88. The van der Waals surface area contributed by atoms with Gasteiger partial charge >= 0.3 is 0 Å². The number of hydrogen-bond acceptors (Lipinski definition) is 3. The third kappa shape index (κ3) is 2.34. The quantitative estimate of drug-likeness (QED) is 0.818. The second kappa shape index (κ2) is 4.59. The van der Waals surface area contributed by atoms with Crippen molar-refractivity contribution in [3.63, 3.8) is 0 Å². The Morgan fingerprint density at radius 1 is 1.40 bits per heavy atom. The number of nitrogens with zero attached hydrogens (tertiary/aromatic N) is 3. The third-order valence-corrected chi connectivity index (χ3v) is 2.30. The van der Waals surface area contributed by atoms with Gasteiger partial charge in [-0.15, -0.1) is 0 Å². The van der Waals surface area contributed by atoms with Crippen LogP contribution in [-0.4, -0.2) is 21.6 Å². The van der Waals surface area contributed by atoms with Crippen molar-refractivity contribution in [1.82, 2.24) is 14.5 Å². The van der Waals surface area contributed by atoms with Gasteiger partial charge in [0.25, 0.3) is 0 Å². The molecule has 4 heteroatoms. The van der Waals surface area contributed by atoms with Crippen molar-refractivity contribution in [2.24, 2.45) is 0 Å². The summed E-state index contributed by atoms with van der Waals surface area (Å²) in [4.78, 5) is 8.27. The van der Waals surface area contributed by atoms with Gasteiger partial charge < -0.3 is 9.88 Å². The van der Waals surface area contributed by atoms with Crippen molar-refractivity contribution in [2.75, 3.05) is 12.4 Å². The van der Waals surface area contributed by atoms with E-state index < -0.39 is 0 Å². The average Bonchev–Trinajstić information content (AvgIpc) is 2.75. The number of aryl methyl sites for hydroxylation is 2. The molecule has 4 nitrogen and oxygen atoms in total. The van der Waals surface area contributed by atoms with E-state index in [1.165, 1.54) is 5.56 Å². The second-order valence-corrected chi connectivity index (χ2v) is 3.31. The van der Waals surface area contributed by atoms with Gasteiger partial charge in [-0.1, -0.05) is 6.07 Å². The minimum atomic E-state index is 0.902. The molecule has 0 aliphatic rings. The van der Waals surface area contributed by atoms with E-state index in [0.717, 1.165) is 18.9 Å². The number of pyridine rings is 1. The largest absolute Gasteiger partial charge is 0.359 e. The normalized spacial score (nSPS) is 10.2. The summed E-state index contributed by atoms with van der Waals surface area (Å²) in [6.45, 7) is 0.919. The first-order chi connectivity index (χ1) is 7.40. The van der Waals surface area contributed by atoms with E-state index in [1.807, 2.05) is 25.5 Å². The fourth-order valence-electron chi connectivity index (χ4n) is 1.51. The van der Waals surface area contributed by atoms with Crippen LogP contribution in [0, 0.1) is 0 Å². The van der Waals surface area contributed by atoms with Crippen molar-refractivity contribution < 1.29 is 0 Å². The summed E-state index contributed by atoms with van der Waals surface area (Å²) < 4.78 is 2.09. The molecule has 1 N–H and O–H groups in total. The summed E-state index contributed by atoms with van der Waals surface area (Å²) in [5, 5.41) is 3.05. The lowest BCUT2D eigenvalue weighted by Crippen LogP contribution is -2.05. The fourth-order valence-corrected chi connectivity index (χ4v) is 1.51. The lowest BCUT2D eigenvalue weighted by Gasteiger charge is -2.06.